The molecule has 1 heterocycles. The highest BCUT2D eigenvalue weighted by Gasteiger charge is 2.23. The van der Waals surface area contributed by atoms with E-state index in [1.165, 1.54) is 28.4 Å². The molecule has 1 aromatic heterocycles. The Morgan fingerprint density at radius 2 is 2.20 bits per heavy atom. The fourth-order valence-electron chi connectivity index (χ4n) is 2.56. The number of aromatic nitrogens is 2. The van der Waals surface area contributed by atoms with Crippen LogP contribution in [0.3, 0.4) is 0 Å². The number of aryl methyl sites for hydroxylation is 1. The van der Waals surface area contributed by atoms with Gasteiger partial charge in [-0.25, -0.2) is 0 Å². The Balaban J connectivity index is 1.77. The third-order valence-corrected chi connectivity index (χ3v) is 4.54. The number of rotatable bonds is 6. The van der Waals surface area contributed by atoms with Gasteiger partial charge in [-0.05, 0) is 36.5 Å². The second-order valence-corrected chi connectivity index (χ2v) is 6.48. The zero-order chi connectivity index (χ0) is 13.9. The zero-order valence-electron chi connectivity index (χ0n) is 11.7. The van der Waals surface area contributed by atoms with E-state index in [1.807, 2.05) is 17.9 Å². The van der Waals surface area contributed by atoms with Gasteiger partial charge in [0.25, 0.3) is 0 Å². The summed E-state index contributed by atoms with van der Waals surface area (Å²) in [6, 6.07) is 9.28. The predicted molar refractivity (Wildman–Crippen MR) is 84.8 cm³/mol. The Morgan fingerprint density at radius 3 is 2.85 bits per heavy atom. The van der Waals surface area contributed by atoms with Crippen LogP contribution >= 0.6 is 15.9 Å². The summed E-state index contributed by atoms with van der Waals surface area (Å²) < 4.78 is 3.08. The van der Waals surface area contributed by atoms with Crippen molar-refractivity contribution in [3.05, 3.63) is 52.3 Å². The fourth-order valence-corrected chi connectivity index (χ4v) is 3.16. The SMILES string of the molecule is Cn1cc(CC(CNC2CC2)c2ccccc2Br)cn1. The summed E-state index contributed by atoms with van der Waals surface area (Å²) in [5, 5.41) is 7.94. The van der Waals surface area contributed by atoms with Crippen LogP contribution in [-0.2, 0) is 13.5 Å². The van der Waals surface area contributed by atoms with Crippen LogP contribution in [0.2, 0.25) is 0 Å². The van der Waals surface area contributed by atoms with Crippen molar-refractivity contribution in [3.63, 3.8) is 0 Å². The maximum absolute atomic E-state index is 4.28. The first kappa shape index (κ1) is 13.8. The van der Waals surface area contributed by atoms with Crippen LogP contribution < -0.4 is 5.32 Å². The summed E-state index contributed by atoms with van der Waals surface area (Å²) in [6.45, 7) is 1.03. The molecule has 20 heavy (non-hydrogen) atoms. The summed E-state index contributed by atoms with van der Waals surface area (Å²) in [7, 11) is 1.97. The van der Waals surface area contributed by atoms with E-state index in [1.54, 1.807) is 0 Å². The highest BCUT2D eigenvalue weighted by molar-refractivity contribution is 9.10. The van der Waals surface area contributed by atoms with E-state index in [0.29, 0.717) is 5.92 Å². The summed E-state index contributed by atoms with van der Waals surface area (Å²) in [5.41, 5.74) is 2.68. The average Bonchev–Trinajstić information content (AvgIpc) is 3.18. The first-order chi connectivity index (χ1) is 9.72. The average molecular weight is 334 g/mol. The van der Waals surface area contributed by atoms with E-state index in [-0.39, 0.29) is 0 Å². The van der Waals surface area contributed by atoms with E-state index in [2.05, 4.69) is 56.8 Å². The van der Waals surface area contributed by atoms with Crippen LogP contribution in [0.15, 0.2) is 41.1 Å². The third-order valence-electron chi connectivity index (χ3n) is 3.82. The van der Waals surface area contributed by atoms with Crippen molar-refractivity contribution in [3.8, 4) is 0 Å². The lowest BCUT2D eigenvalue weighted by Crippen LogP contribution is -2.25. The molecule has 1 unspecified atom stereocenters. The van der Waals surface area contributed by atoms with Gasteiger partial charge in [-0.2, -0.15) is 5.10 Å². The molecule has 1 atom stereocenters. The summed E-state index contributed by atoms with van der Waals surface area (Å²) >= 11 is 3.69. The largest absolute Gasteiger partial charge is 0.313 e. The van der Waals surface area contributed by atoms with E-state index in [0.717, 1.165) is 19.0 Å². The van der Waals surface area contributed by atoms with Gasteiger partial charge in [0.2, 0.25) is 0 Å². The van der Waals surface area contributed by atoms with Crippen molar-refractivity contribution < 1.29 is 0 Å². The third kappa shape index (κ3) is 3.49. The van der Waals surface area contributed by atoms with E-state index in [4.69, 9.17) is 0 Å². The molecule has 0 amide bonds. The molecule has 2 aromatic rings. The van der Waals surface area contributed by atoms with Gasteiger partial charge in [0.15, 0.2) is 0 Å². The molecule has 1 fully saturated rings. The normalized spacial score (nSPS) is 16.3. The number of halogens is 1. The molecule has 106 valence electrons. The second kappa shape index (κ2) is 6.10. The Kier molecular flexibility index (Phi) is 4.22. The standard InChI is InChI=1S/C16H20BrN3/c1-20-11-12(9-19-20)8-13(10-18-14-6-7-14)15-4-2-3-5-16(15)17/h2-5,9,11,13-14,18H,6-8,10H2,1H3. The summed E-state index contributed by atoms with van der Waals surface area (Å²) in [5.74, 6) is 0.482. The molecule has 1 N–H and O–H groups in total. The molecule has 0 spiro atoms. The lowest BCUT2D eigenvalue weighted by atomic mass is 9.93. The molecular weight excluding hydrogens is 314 g/mol. The Bertz CT molecular complexity index is 575. The minimum Gasteiger partial charge on any atom is -0.313 e. The second-order valence-electron chi connectivity index (χ2n) is 5.63. The predicted octanol–water partition coefficient (Wildman–Crippen LogP) is 3.26. The van der Waals surface area contributed by atoms with Gasteiger partial charge >= 0.3 is 0 Å². The molecule has 1 aromatic carbocycles. The van der Waals surface area contributed by atoms with Crippen molar-refractivity contribution in [2.24, 2.45) is 7.05 Å². The highest BCUT2D eigenvalue weighted by Crippen LogP contribution is 2.28. The van der Waals surface area contributed by atoms with Crippen LogP contribution in [-0.4, -0.2) is 22.4 Å². The molecule has 3 rings (SSSR count). The van der Waals surface area contributed by atoms with Crippen LogP contribution in [0.25, 0.3) is 0 Å². The van der Waals surface area contributed by atoms with Gasteiger partial charge in [-0.15, -0.1) is 0 Å². The topological polar surface area (TPSA) is 29.9 Å². The van der Waals surface area contributed by atoms with Gasteiger partial charge < -0.3 is 5.32 Å². The van der Waals surface area contributed by atoms with E-state index in [9.17, 15) is 0 Å². The molecule has 0 aliphatic heterocycles. The Morgan fingerprint density at radius 1 is 1.40 bits per heavy atom. The Hall–Kier alpha value is -1.13. The molecule has 3 nitrogen and oxygen atoms in total. The summed E-state index contributed by atoms with van der Waals surface area (Å²) in [6.07, 6.45) is 7.77. The molecule has 1 aliphatic rings. The van der Waals surface area contributed by atoms with Crippen molar-refractivity contribution in [2.75, 3.05) is 6.54 Å². The number of benzene rings is 1. The molecule has 1 saturated carbocycles. The molecule has 0 bridgehead atoms. The van der Waals surface area contributed by atoms with Gasteiger partial charge in [0, 0.05) is 36.2 Å². The van der Waals surface area contributed by atoms with Gasteiger partial charge in [0.05, 0.1) is 6.20 Å². The number of nitrogens with zero attached hydrogens (tertiary/aromatic N) is 2. The first-order valence-electron chi connectivity index (χ1n) is 7.17. The van der Waals surface area contributed by atoms with Crippen molar-refractivity contribution in [1.29, 1.82) is 0 Å². The minimum atomic E-state index is 0.482. The first-order valence-corrected chi connectivity index (χ1v) is 7.97. The van der Waals surface area contributed by atoms with Crippen molar-refractivity contribution >= 4 is 15.9 Å². The zero-order valence-corrected chi connectivity index (χ0v) is 13.3. The molecule has 0 saturated heterocycles. The monoisotopic (exact) mass is 333 g/mol. The molecule has 0 radical (unpaired) electrons. The van der Waals surface area contributed by atoms with Gasteiger partial charge in [-0.3, -0.25) is 4.68 Å². The van der Waals surface area contributed by atoms with Gasteiger partial charge in [-0.1, -0.05) is 34.1 Å². The quantitative estimate of drug-likeness (QED) is 0.879. The molecule has 4 heteroatoms. The molecule has 1 aliphatic carbocycles. The number of nitrogens with one attached hydrogen (secondary N) is 1. The van der Waals surface area contributed by atoms with Crippen LogP contribution in [0.4, 0.5) is 0 Å². The lowest BCUT2D eigenvalue weighted by Gasteiger charge is -2.19. The van der Waals surface area contributed by atoms with E-state index < -0.39 is 0 Å². The van der Waals surface area contributed by atoms with Crippen molar-refractivity contribution in [1.82, 2.24) is 15.1 Å². The van der Waals surface area contributed by atoms with Crippen LogP contribution in [0.1, 0.15) is 29.9 Å². The lowest BCUT2D eigenvalue weighted by molar-refractivity contribution is 0.575. The summed E-state index contributed by atoms with van der Waals surface area (Å²) in [4.78, 5) is 0. The maximum Gasteiger partial charge on any atom is 0.0521 e. The Labute approximate surface area is 128 Å². The number of hydrogen-bond donors (Lipinski definition) is 1. The van der Waals surface area contributed by atoms with Crippen LogP contribution in [0, 0.1) is 0 Å². The smallest absolute Gasteiger partial charge is 0.0521 e. The van der Waals surface area contributed by atoms with Crippen LogP contribution in [0.5, 0.6) is 0 Å². The maximum atomic E-state index is 4.28. The van der Waals surface area contributed by atoms with E-state index >= 15 is 0 Å². The minimum absolute atomic E-state index is 0.482. The highest BCUT2D eigenvalue weighted by atomic mass is 79.9. The number of hydrogen-bond acceptors (Lipinski definition) is 2. The van der Waals surface area contributed by atoms with Gasteiger partial charge in [0.1, 0.15) is 0 Å². The fraction of sp³-hybridized carbons (Fsp3) is 0.438. The molecular formula is C16H20BrN3. The van der Waals surface area contributed by atoms with Crippen molar-refractivity contribution in [2.45, 2.75) is 31.2 Å².